The van der Waals surface area contributed by atoms with Crippen molar-refractivity contribution in [3.8, 4) is 11.5 Å². The molecule has 0 atom stereocenters. The molecule has 0 saturated carbocycles. The first-order valence-electron chi connectivity index (χ1n) is 7.50. The van der Waals surface area contributed by atoms with Gasteiger partial charge in [0, 0.05) is 6.54 Å². The highest BCUT2D eigenvalue weighted by molar-refractivity contribution is 6.35. The summed E-state index contributed by atoms with van der Waals surface area (Å²) in [7, 11) is 1.53. The van der Waals surface area contributed by atoms with Gasteiger partial charge in [-0.25, -0.2) is 5.43 Å². The molecule has 24 heavy (non-hydrogen) atoms. The second-order valence-corrected chi connectivity index (χ2v) is 5.31. The fraction of sp³-hybridized carbons (Fsp3) is 0.353. The van der Waals surface area contributed by atoms with Gasteiger partial charge in [0.1, 0.15) is 6.61 Å². The van der Waals surface area contributed by atoms with Gasteiger partial charge < -0.3 is 14.8 Å². The molecule has 2 N–H and O–H groups in total. The Morgan fingerprint density at radius 2 is 2.04 bits per heavy atom. The highest BCUT2D eigenvalue weighted by Crippen LogP contribution is 2.27. The molecule has 0 heterocycles. The molecule has 0 unspecified atom stereocenters. The third-order valence-corrected chi connectivity index (χ3v) is 2.80. The van der Waals surface area contributed by atoms with Gasteiger partial charge in [-0.1, -0.05) is 26.5 Å². The van der Waals surface area contributed by atoms with E-state index in [-0.39, 0.29) is 5.92 Å². The molecule has 0 aromatic heterocycles. The van der Waals surface area contributed by atoms with Crippen LogP contribution in [-0.2, 0) is 9.59 Å². The number of ether oxygens (including phenoxy) is 2. The maximum absolute atomic E-state index is 11.6. The molecule has 7 nitrogen and oxygen atoms in total. The Labute approximate surface area is 141 Å². The molecule has 0 saturated heterocycles. The summed E-state index contributed by atoms with van der Waals surface area (Å²) in [5.74, 6) is -0.163. The van der Waals surface area contributed by atoms with E-state index in [0.717, 1.165) is 0 Å². The van der Waals surface area contributed by atoms with E-state index in [0.29, 0.717) is 30.2 Å². The predicted molar refractivity (Wildman–Crippen MR) is 92.3 cm³/mol. The van der Waals surface area contributed by atoms with Gasteiger partial charge in [0.05, 0.1) is 13.3 Å². The van der Waals surface area contributed by atoms with Crippen LogP contribution in [0.4, 0.5) is 0 Å². The largest absolute Gasteiger partial charge is 0.493 e. The Balaban J connectivity index is 2.62. The highest BCUT2D eigenvalue weighted by Gasteiger charge is 2.12. The summed E-state index contributed by atoms with van der Waals surface area (Å²) in [6.07, 6.45) is 3.04. The lowest BCUT2D eigenvalue weighted by Gasteiger charge is -2.09. The summed E-state index contributed by atoms with van der Waals surface area (Å²) in [4.78, 5) is 23.0. The van der Waals surface area contributed by atoms with Crippen molar-refractivity contribution in [1.29, 1.82) is 0 Å². The smallest absolute Gasteiger partial charge is 0.329 e. The number of nitrogens with zero attached hydrogens (tertiary/aromatic N) is 1. The summed E-state index contributed by atoms with van der Waals surface area (Å²) < 4.78 is 10.7. The van der Waals surface area contributed by atoms with Crippen LogP contribution < -0.4 is 20.2 Å². The number of rotatable bonds is 8. The molecule has 2 amide bonds. The fourth-order valence-corrected chi connectivity index (χ4v) is 1.63. The third-order valence-electron chi connectivity index (χ3n) is 2.80. The molecule has 7 heteroatoms. The van der Waals surface area contributed by atoms with Gasteiger partial charge in [0.15, 0.2) is 11.5 Å². The van der Waals surface area contributed by atoms with Crippen LogP contribution >= 0.6 is 0 Å². The number of hydrazone groups is 1. The average Bonchev–Trinajstić information content (AvgIpc) is 2.57. The van der Waals surface area contributed by atoms with Crippen LogP contribution in [0.15, 0.2) is 36.0 Å². The first-order valence-corrected chi connectivity index (χ1v) is 7.50. The second kappa shape index (κ2) is 10.0. The Hall–Kier alpha value is -2.83. The molecule has 0 radical (unpaired) electrons. The number of carbonyl (C=O) groups is 2. The first kappa shape index (κ1) is 19.2. The molecule has 0 fully saturated rings. The first-order chi connectivity index (χ1) is 11.5. The van der Waals surface area contributed by atoms with Crippen molar-refractivity contribution in [1.82, 2.24) is 10.7 Å². The van der Waals surface area contributed by atoms with Gasteiger partial charge in [-0.15, -0.1) is 0 Å². The summed E-state index contributed by atoms with van der Waals surface area (Å²) in [5, 5.41) is 6.27. The Kier molecular flexibility index (Phi) is 8.04. The second-order valence-electron chi connectivity index (χ2n) is 5.31. The molecular weight excluding hydrogens is 310 g/mol. The van der Waals surface area contributed by atoms with E-state index in [1.165, 1.54) is 13.3 Å². The zero-order valence-corrected chi connectivity index (χ0v) is 14.2. The number of carbonyl (C=O) groups excluding carboxylic acids is 2. The minimum absolute atomic E-state index is 0.263. The molecule has 0 aliphatic carbocycles. The third kappa shape index (κ3) is 6.51. The molecule has 0 aliphatic rings. The molecule has 0 aliphatic heterocycles. The van der Waals surface area contributed by atoms with Gasteiger partial charge in [-0.05, 0) is 29.7 Å². The lowest BCUT2D eigenvalue weighted by molar-refractivity contribution is -0.139. The van der Waals surface area contributed by atoms with E-state index < -0.39 is 11.8 Å². The minimum atomic E-state index is -0.815. The normalized spacial score (nSPS) is 10.5. The summed E-state index contributed by atoms with van der Waals surface area (Å²) >= 11 is 0. The van der Waals surface area contributed by atoms with E-state index >= 15 is 0 Å². The van der Waals surface area contributed by atoms with Gasteiger partial charge in [-0.2, -0.15) is 5.10 Å². The van der Waals surface area contributed by atoms with Crippen molar-refractivity contribution >= 4 is 18.0 Å². The zero-order valence-electron chi connectivity index (χ0n) is 14.2. The van der Waals surface area contributed by atoms with E-state index in [2.05, 4.69) is 22.4 Å². The maximum atomic E-state index is 11.6. The lowest BCUT2D eigenvalue weighted by Crippen LogP contribution is -2.39. The van der Waals surface area contributed by atoms with E-state index in [4.69, 9.17) is 9.47 Å². The number of benzene rings is 1. The number of nitrogens with one attached hydrogen (secondary N) is 2. The Bertz CT molecular complexity index is 612. The van der Waals surface area contributed by atoms with Crippen molar-refractivity contribution in [3.05, 3.63) is 36.4 Å². The SMILES string of the molecule is C=CCOc1ccc(/C=N\NC(=O)C(=O)NCC(C)C)cc1OC. The number of amides is 2. The van der Waals surface area contributed by atoms with Crippen molar-refractivity contribution in [2.24, 2.45) is 11.0 Å². The minimum Gasteiger partial charge on any atom is -0.493 e. The number of hydrogen-bond acceptors (Lipinski definition) is 5. The topological polar surface area (TPSA) is 89.0 Å². The summed E-state index contributed by atoms with van der Waals surface area (Å²) in [6, 6.07) is 5.17. The Morgan fingerprint density at radius 3 is 2.67 bits per heavy atom. The number of hydrogen-bond donors (Lipinski definition) is 2. The van der Waals surface area contributed by atoms with Crippen LogP contribution in [0.5, 0.6) is 11.5 Å². The van der Waals surface area contributed by atoms with Crippen LogP contribution in [-0.4, -0.2) is 38.3 Å². The summed E-state index contributed by atoms with van der Waals surface area (Å²) in [5.41, 5.74) is 2.86. The molecule has 130 valence electrons. The predicted octanol–water partition coefficient (Wildman–Crippen LogP) is 1.48. The summed E-state index contributed by atoms with van der Waals surface area (Å²) in [6.45, 7) is 8.25. The average molecular weight is 333 g/mol. The lowest BCUT2D eigenvalue weighted by atomic mass is 10.2. The monoisotopic (exact) mass is 333 g/mol. The standard InChI is InChI=1S/C17H23N3O4/c1-5-8-24-14-7-6-13(9-15(14)23-4)11-19-20-17(22)16(21)18-10-12(2)3/h5-7,9,11-12H,1,8,10H2,2-4H3,(H,18,21)(H,20,22)/b19-11-. The maximum Gasteiger partial charge on any atom is 0.329 e. The van der Waals surface area contributed by atoms with Crippen LogP contribution in [0.1, 0.15) is 19.4 Å². The molecule has 1 aromatic rings. The van der Waals surface area contributed by atoms with E-state index in [9.17, 15) is 9.59 Å². The van der Waals surface area contributed by atoms with Gasteiger partial charge in [0.25, 0.3) is 0 Å². The van der Waals surface area contributed by atoms with Crippen LogP contribution in [0.3, 0.4) is 0 Å². The van der Waals surface area contributed by atoms with Crippen molar-refractivity contribution in [2.75, 3.05) is 20.3 Å². The molecule has 0 bridgehead atoms. The molecular formula is C17H23N3O4. The highest BCUT2D eigenvalue weighted by atomic mass is 16.5. The number of methoxy groups -OCH3 is 1. The van der Waals surface area contributed by atoms with Gasteiger partial charge in [0.2, 0.25) is 0 Å². The van der Waals surface area contributed by atoms with Crippen LogP contribution in [0.2, 0.25) is 0 Å². The molecule has 1 rings (SSSR count). The fourth-order valence-electron chi connectivity index (χ4n) is 1.63. The van der Waals surface area contributed by atoms with Crippen LogP contribution in [0, 0.1) is 5.92 Å². The van der Waals surface area contributed by atoms with E-state index in [1.54, 1.807) is 24.3 Å². The van der Waals surface area contributed by atoms with E-state index in [1.807, 2.05) is 13.8 Å². The van der Waals surface area contributed by atoms with Gasteiger partial charge in [-0.3, -0.25) is 9.59 Å². The molecule has 1 aromatic carbocycles. The van der Waals surface area contributed by atoms with Crippen molar-refractivity contribution in [3.63, 3.8) is 0 Å². The van der Waals surface area contributed by atoms with Crippen LogP contribution in [0.25, 0.3) is 0 Å². The van der Waals surface area contributed by atoms with Gasteiger partial charge >= 0.3 is 11.8 Å². The van der Waals surface area contributed by atoms with Crippen molar-refractivity contribution in [2.45, 2.75) is 13.8 Å². The Morgan fingerprint density at radius 1 is 1.29 bits per heavy atom. The molecule has 0 spiro atoms. The zero-order chi connectivity index (χ0) is 17.9. The van der Waals surface area contributed by atoms with Crippen molar-refractivity contribution < 1.29 is 19.1 Å². The quantitative estimate of drug-likeness (QED) is 0.326.